The molecule has 0 saturated carbocycles. The van der Waals surface area contributed by atoms with E-state index in [2.05, 4.69) is 9.98 Å². The number of alkyl halides is 3. The number of halogens is 3. The molecule has 0 radical (unpaired) electrons. The summed E-state index contributed by atoms with van der Waals surface area (Å²) in [5, 5.41) is 0. The average molecular weight is 250 g/mol. The Morgan fingerprint density at radius 1 is 1.06 bits per heavy atom. The molecule has 0 atom stereocenters. The first-order valence-corrected chi connectivity index (χ1v) is 5.17. The summed E-state index contributed by atoms with van der Waals surface area (Å²) in [6.07, 6.45) is 0.197. The summed E-state index contributed by atoms with van der Waals surface area (Å²) in [5.74, 6) is 0. The van der Waals surface area contributed by atoms with Gasteiger partial charge in [0.1, 0.15) is 0 Å². The van der Waals surface area contributed by atoms with Crippen molar-refractivity contribution in [2.75, 3.05) is 0 Å². The lowest BCUT2D eigenvalue weighted by Gasteiger charge is -2.06. The second-order valence-corrected chi connectivity index (χ2v) is 3.59. The molecule has 18 heavy (non-hydrogen) atoms. The zero-order valence-electron chi connectivity index (χ0n) is 9.22. The Kier molecular flexibility index (Phi) is 3.41. The number of pyridine rings is 1. The van der Waals surface area contributed by atoms with Crippen LogP contribution in [0.3, 0.4) is 0 Å². The molecule has 0 aliphatic carbocycles. The highest BCUT2D eigenvalue weighted by Gasteiger charge is 2.30. The van der Waals surface area contributed by atoms with Gasteiger partial charge in [-0.1, -0.05) is 12.1 Å². The van der Waals surface area contributed by atoms with E-state index in [1.54, 1.807) is 30.6 Å². The van der Waals surface area contributed by atoms with Gasteiger partial charge in [0.15, 0.2) is 0 Å². The molecule has 0 N–H and O–H groups in total. The molecule has 2 rings (SSSR count). The predicted octanol–water partition coefficient (Wildman–Crippen LogP) is 3.85. The maximum Gasteiger partial charge on any atom is 0.416 e. The van der Waals surface area contributed by atoms with Crippen LogP contribution in [0.25, 0.3) is 0 Å². The molecule has 0 fully saturated rings. The van der Waals surface area contributed by atoms with Gasteiger partial charge in [0.25, 0.3) is 0 Å². The fourth-order valence-corrected chi connectivity index (χ4v) is 1.37. The van der Waals surface area contributed by atoms with Gasteiger partial charge in [-0.3, -0.25) is 9.98 Å². The minimum atomic E-state index is -4.33. The number of hydrogen-bond acceptors (Lipinski definition) is 2. The maximum atomic E-state index is 12.5. The second kappa shape index (κ2) is 5.00. The molecular weight excluding hydrogens is 241 g/mol. The Balaban J connectivity index is 2.23. The number of nitrogens with zero attached hydrogens (tertiary/aromatic N) is 2. The van der Waals surface area contributed by atoms with E-state index < -0.39 is 11.7 Å². The monoisotopic (exact) mass is 250 g/mol. The van der Waals surface area contributed by atoms with Crippen molar-refractivity contribution in [2.45, 2.75) is 6.18 Å². The van der Waals surface area contributed by atoms with Crippen LogP contribution in [-0.4, -0.2) is 11.2 Å². The lowest BCUT2D eigenvalue weighted by atomic mass is 10.1. The Morgan fingerprint density at radius 2 is 1.78 bits per heavy atom. The van der Waals surface area contributed by atoms with Gasteiger partial charge < -0.3 is 0 Å². The molecule has 0 spiro atoms. The van der Waals surface area contributed by atoms with Crippen molar-refractivity contribution in [3.63, 3.8) is 0 Å². The molecule has 0 bridgehead atoms. The number of benzene rings is 1. The predicted molar refractivity (Wildman–Crippen MR) is 62.9 cm³/mol. The number of aliphatic imine (C=N–C) groups is 1. The van der Waals surface area contributed by atoms with Crippen LogP contribution in [0.1, 0.15) is 11.1 Å². The van der Waals surface area contributed by atoms with Gasteiger partial charge in [0.2, 0.25) is 0 Å². The third-order valence-corrected chi connectivity index (χ3v) is 2.24. The first-order valence-electron chi connectivity index (χ1n) is 5.17. The van der Waals surface area contributed by atoms with Gasteiger partial charge in [0.05, 0.1) is 11.3 Å². The third-order valence-electron chi connectivity index (χ3n) is 2.24. The van der Waals surface area contributed by atoms with Crippen LogP contribution < -0.4 is 0 Å². The zero-order valence-corrected chi connectivity index (χ0v) is 9.22. The lowest BCUT2D eigenvalue weighted by molar-refractivity contribution is -0.137. The van der Waals surface area contributed by atoms with E-state index in [0.717, 1.165) is 12.1 Å². The van der Waals surface area contributed by atoms with Crippen molar-refractivity contribution in [2.24, 2.45) is 4.99 Å². The van der Waals surface area contributed by atoms with Gasteiger partial charge in [-0.25, -0.2) is 0 Å². The standard InChI is InChI=1S/C13H9F3N2/c14-13(15,16)11-3-1-2-10(8-11)9-18-12-4-6-17-7-5-12/h1-9H. The summed E-state index contributed by atoms with van der Waals surface area (Å²) in [6.45, 7) is 0. The molecule has 0 amide bonds. The molecule has 0 saturated heterocycles. The Bertz CT molecular complexity index is 548. The molecule has 92 valence electrons. The van der Waals surface area contributed by atoms with Crippen LogP contribution in [-0.2, 0) is 6.18 Å². The summed E-state index contributed by atoms with van der Waals surface area (Å²) < 4.78 is 37.4. The number of hydrogen-bond donors (Lipinski definition) is 0. The Labute approximate surface area is 102 Å². The molecule has 2 aromatic rings. The molecule has 0 aliphatic rings. The smallest absolute Gasteiger partial charge is 0.265 e. The summed E-state index contributed by atoms with van der Waals surface area (Å²) in [5.41, 5.74) is 0.366. The van der Waals surface area contributed by atoms with Gasteiger partial charge in [-0.2, -0.15) is 13.2 Å². The molecule has 1 aromatic heterocycles. The fraction of sp³-hybridized carbons (Fsp3) is 0.0769. The number of rotatable bonds is 2. The normalized spacial score (nSPS) is 11.9. The van der Waals surface area contributed by atoms with Crippen LogP contribution in [0.2, 0.25) is 0 Å². The van der Waals surface area contributed by atoms with E-state index in [0.29, 0.717) is 11.3 Å². The van der Waals surface area contributed by atoms with Crippen molar-refractivity contribution < 1.29 is 13.2 Å². The third kappa shape index (κ3) is 3.16. The van der Waals surface area contributed by atoms with E-state index in [-0.39, 0.29) is 0 Å². The van der Waals surface area contributed by atoms with Crippen LogP contribution >= 0.6 is 0 Å². The summed E-state index contributed by atoms with van der Waals surface area (Å²) in [7, 11) is 0. The second-order valence-electron chi connectivity index (χ2n) is 3.59. The molecule has 1 aromatic carbocycles. The van der Waals surface area contributed by atoms with E-state index in [4.69, 9.17) is 0 Å². The van der Waals surface area contributed by atoms with E-state index in [1.807, 2.05) is 0 Å². The van der Waals surface area contributed by atoms with Gasteiger partial charge >= 0.3 is 6.18 Å². The summed E-state index contributed by atoms with van der Waals surface area (Å²) in [4.78, 5) is 7.89. The molecule has 5 heteroatoms. The van der Waals surface area contributed by atoms with Gasteiger partial charge in [0, 0.05) is 18.6 Å². The topological polar surface area (TPSA) is 25.2 Å². The molecule has 0 unspecified atom stereocenters. The van der Waals surface area contributed by atoms with E-state index in [1.165, 1.54) is 12.3 Å². The van der Waals surface area contributed by atoms with Gasteiger partial charge in [-0.15, -0.1) is 0 Å². The van der Waals surface area contributed by atoms with Gasteiger partial charge in [-0.05, 0) is 29.8 Å². The summed E-state index contributed by atoms with van der Waals surface area (Å²) in [6, 6.07) is 8.36. The average Bonchev–Trinajstić information content (AvgIpc) is 2.37. The highest BCUT2D eigenvalue weighted by atomic mass is 19.4. The largest absolute Gasteiger partial charge is 0.416 e. The first-order chi connectivity index (χ1) is 8.55. The highest BCUT2D eigenvalue weighted by molar-refractivity contribution is 5.82. The Hall–Kier alpha value is -2.17. The molecular formula is C13H9F3N2. The van der Waals surface area contributed by atoms with Crippen molar-refractivity contribution in [3.8, 4) is 0 Å². The van der Waals surface area contributed by atoms with Crippen molar-refractivity contribution in [3.05, 3.63) is 59.9 Å². The zero-order chi connectivity index (χ0) is 13.0. The van der Waals surface area contributed by atoms with E-state index >= 15 is 0 Å². The van der Waals surface area contributed by atoms with Crippen LogP contribution in [0.5, 0.6) is 0 Å². The Morgan fingerprint density at radius 3 is 2.44 bits per heavy atom. The minimum Gasteiger partial charge on any atom is -0.265 e. The SMILES string of the molecule is FC(F)(F)c1cccc(C=Nc2ccncc2)c1. The van der Waals surface area contributed by atoms with Crippen molar-refractivity contribution in [1.82, 2.24) is 4.98 Å². The fourth-order valence-electron chi connectivity index (χ4n) is 1.37. The molecule has 0 aliphatic heterocycles. The van der Waals surface area contributed by atoms with Crippen molar-refractivity contribution >= 4 is 11.9 Å². The highest BCUT2D eigenvalue weighted by Crippen LogP contribution is 2.29. The van der Waals surface area contributed by atoms with Crippen LogP contribution in [0, 0.1) is 0 Å². The molecule has 2 nitrogen and oxygen atoms in total. The quantitative estimate of drug-likeness (QED) is 0.743. The van der Waals surface area contributed by atoms with Crippen LogP contribution in [0.4, 0.5) is 18.9 Å². The first kappa shape index (κ1) is 12.3. The summed E-state index contributed by atoms with van der Waals surface area (Å²) >= 11 is 0. The molecule has 1 heterocycles. The van der Waals surface area contributed by atoms with E-state index in [9.17, 15) is 13.2 Å². The van der Waals surface area contributed by atoms with Crippen LogP contribution in [0.15, 0.2) is 53.8 Å². The maximum absolute atomic E-state index is 12.5. The van der Waals surface area contributed by atoms with Crippen molar-refractivity contribution in [1.29, 1.82) is 0 Å². The lowest BCUT2D eigenvalue weighted by Crippen LogP contribution is -2.04. The minimum absolute atomic E-state index is 0.404. The number of aromatic nitrogens is 1.